The minimum Gasteiger partial charge on any atom is -0.472 e. The molecule has 1 N–H and O–H groups in total. The van der Waals surface area contributed by atoms with Gasteiger partial charge in [0.15, 0.2) is 0 Å². The summed E-state index contributed by atoms with van der Waals surface area (Å²) >= 11 is 0. The first kappa shape index (κ1) is 26.9. The Morgan fingerprint density at radius 1 is 1.17 bits per heavy atom. The van der Waals surface area contributed by atoms with Crippen LogP contribution < -0.4 is 19.9 Å². The molecule has 2 amide bonds. The Balaban J connectivity index is 1.61. The molecule has 1 fully saturated rings. The third-order valence-corrected chi connectivity index (χ3v) is 4.84. The highest BCUT2D eigenvalue weighted by molar-refractivity contribution is 5.97. The van der Waals surface area contributed by atoms with Gasteiger partial charge in [0.25, 0.3) is 5.88 Å². The third-order valence-electron chi connectivity index (χ3n) is 4.84. The van der Waals surface area contributed by atoms with Gasteiger partial charge in [-0.1, -0.05) is 0 Å². The van der Waals surface area contributed by atoms with Crippen LogP contribution in [0.25, 0.3) is 0 Å². The molecule has 0 saturated carbocycles. The lowest BCUT2D eigenvalue weighted by atomic mass is 10.1. The Hall–Kier alpha value is -3.71. The van der Waals surface area contributed by atoms with Gasteiger partial charge in [0.2, 0.25) is 17.7 Å². The van der Waals surface area contributed by atoms with Gasteiger partial charge >= 0.3 is 12.3 Å². The molecule has 2 aromatic rings. The number of pyridine rings is 1. The van der Waals surface area contributed by atoms with E-state index >= 15 is 4.39 Å². The van der Waals surface area contributed by atoms with Crippen molar-refractivity contribution in [1.29, 1.82) is 0 Å². The summed E-state index contributed by atoms with van der Waals surface area (Å²) in [4.78, 5) is 38.4. The van der Waals surface area contributed by atoms with Crippen molar-refractivity contribution in [2.24, 2.45) is 0 Å². The first-order valence-electron chi connectivity index (χ1n) is 11.0. The summed E-state index contributed by atoms with van der Waals surface area (Å²) in [6.07, 6.45) is -3.39. The maximum atomic E-state index is 15.1. The SMILES string of the molecule is CC(COc1nccc(N2CCN(c3ncc(C(F)(F)F)cn3)CC2=O)c1F)OC(=O)NC(C)(C)C. The van der Waals surface area contributed by atoms with Gasteiger partial charge in [0.05, 0.1) is 11.3 Å². The second-order valence-corrected chi connectivity index (χ2v) is 9.09. The Morgan fingerprint density at radius 3 is 2.42 bits per heavy atom. The smallest absolute Gasteiger partial charge is 0.419 e. The number of halogens is 4. The number of nitrogens with one attached hydrogen (secondary N) is 1. The van der Waals surface area contributed by atoms with Crippen molar-refractivity contribution in [2.75, 3.05) is 36.0 Å². The van der Waals surface area contributed by atoms with E-state index in [-0.39, 0.29) is 43.8 Å². The number of aromatic nitrogens is 3. The van der Waals surface area contributed by atoms with Crippen molar-refractivity contribution in [2.45, 2.75) is 45.5 Å². The zero-order chi connectivity index (χ0) is 26.7. The lowest BCUT2D eigenvalue weighted by molar-refractivity contribution is -0.138. The van der Waals surface area contributed by atoms with Gasteiger partial charge < -0.3 is 24.6 Å². The van der Waals surface area contributed by atoms with Crippen molar-refractivity contribution >= 4 is 23.6 Å². The predicted molar refractivity (Wildman–Crippen MR) is 120 cm³/mol. The average Bonchev–Trinajstić information content (AvgIpc) is 2.77. The summed E-state index contributed by atoms with van der Waals surface area (Å²) in [6, 6.07) is 1.31. The van der Waals surface area contributed by atoms with Crippen LogP contribution in [0, 0.1) is 5.82 Å². The Labute approximate surface area is 204 Å². The van der Waals surface area contributed by atoms with Crippen molar-refractivity contribution in [3.05, 3.63) is 36.0 Å². The molecule has 0 aliphatic carbocycles. The lowest BCUT2D eigenvalue weighted by Crippen LogP contribution is -2.51. The number of rotatable bonds is 6. The molecule has 14 heteroatoms. The molecule has 0 spiro atoms. The number of piperazine rings is 1. The van der Waals surface area contributed by atoms with E-state index in [4.69, 9.17) is 9.47 Å². The number of amides is 2. The minimum absolute atomic E-state index is 0.0239. The highest BCUT2D eigenvalue weighted by atomic mass is 19.4. The van der Waals surface area contributed by atoms with Gasteiger partial charge in [-0.3, -0.25) is 4.79 Å². The predicted octanol–water partition coefficient (Wildman–Crippen LogP) is 3.17. The Bertz CT molecular complexity index is 1090. The van der Waals surface area contributed by atoms with Crippen LogP contribution in [0.3, 0.4) is 0 Å². The highest BCUT2D eigenvalue weighted by Crippen LogP contribution is 2.30. The average molecular weight is 514 g/mol. The van der Waals surface area contributed by atoms with Crippen LogP contribution in [0.4, 0.5) is 34.0 Å². The lowest BCUT2D eigenvalue weighted by Gasteiger charge is -2.34. The second kappa shape index (κ2) is 10.5. The molecule has 1 unspecified atom stereocenters. The molecule has 2 aromatic heterocycles. The van der Waals surface area contributed by atoms with Gasteiger partial charge in [-0.15, -0.1) is 0 Å². The summed E-state index contributed by atoms with van der Waals surface area (Å²) in [5, 5.41) is 2.63. The van der Waals surface area contributed by atoms with Gasteiger partial charge in [0, 0.05) is 37.2 Å². The summed E-state index contributed by atoms with van der Waals surface area (Å²) in [6.45, 7) is 6.66. The largest absolute Gasteiger partial charge is 0.472 e. The molecule has 1 atom stereocenters. The van der Waals surface area contributed by atoms with Crippen LogP contribution >= 0.6 is 0 Å². The standard InChI is InChI=1S/C22H26F4N6O4/c1-13(36-20(34)30-21(2,3)4)12-35-18-17(23)15(5-6-27-18)32-8-7-31(11-16(32)33)19-28-9-14(10-29-19)22(24,25)26/h5-6,9-10,13H,7-8,11-12H2,1-4H3,(H,30,34). The number of ether oxygens (including phenoxy) is 2. The van der Waals surface area contributed by atoms with Crippen LogP contribution in [0.2, 0.25) is 0 Å². The molecule has 0 radical (unpaired) electrons. The molecule has 36 heavy (non-hydrogen) atoms. The Morgan fingerprint density at radius 2 is 1.83 bits per heavy atom. The first-order chi connectivity index (χ1) is 16.7. The Kier molecular flexibility index (Phi) is 7.84. The highest BCUT2D eigenvalue weighted by Gasteiger charge is 2.33. The van der Waals surface area contributed by atoms with E-state index in [0.29, 0.717) is 12.4 Å². The summed E-state index contributed by atoms with van der Waals surface area (Å²) < 4.78 is 63.8. The summed E-state index contributed by atoms with van der Waals surface area (Å²) in [5.74, 6) is -1.81. The van der Waals surface area contributed by atoms with Gasteiger partial charge in [0.1, 0.15) is 19.3 Å². The number of hydrogen-bond acceptors (Lipinski definition) is 8. The van der Waals surface area contributed by atoms with E-state index < -0.39 is 41.2 Å². The van der Waals surface area contributed by atoms with Crippen LogP contribution in [-0.4, -0.2) is 64.8 Å². The number of alkyl halides is 3. The van der Waals surface area contributed by atoms with Crippen molar-refractivity contribution in [1.82, 2.24) is 20.3 Å². The molecule has 3 rings (SSSR count). The fourth-order valence-corrected chi connectivity index (χ4v) is 3.20. The topological polar surface area (TPSA) is 110 Å². The van der Waals surface area contributed by atoms with Gasteiger partial charge in [-0.25, -0.2) is 19.7 Å². The normalized spacial score (nSPS) is 15.5. The van der Waals surface area contributed by atoms with Crippen molar-refractivity contribution < 1.29 is 36.6 Å². The molecule has 3 heterocycles. The fraction of sp³-hybridized carbons (Fsp3) is 0.500. The molecular weight excluding hydrogens is 488 g/mol. The van der Waals surface area contributed by atoms with Gasteiger partial charge in [-0.05, 0) is 33.8 Å². The maximum absolute atomic E-state index is 15.1. The quantitative estimate of drug-likeness (QED) is 0.586. The van der Waals surface area contributed by atoms with Gasteiger partial charge in [-0.2, -0.15) is 17.6 Å². The number of hydrogen-bond donors (Lipinski definition) is 1. The molecule has 1 aliphatic heterocycles. The minimum atomic E-state index is -4.57. The number of carbonyl (C=O) groups is 2. The fourth-order valence-electron chi connectivity index (χ4n) is 3.20. The van der Waals surface area contributed by atoms with E-state index in [0.717, 1.165) is 0 Å². The zero-order valence-electron chi connectivity index (χ0n) is 20.1. The van der Waals surface area contributed by atoms with E-state index in [1.54, 1.807) is 27.7 Å². The third kappa shape index (κ3) is 6.92. The van der Waals surface area contributed by atoms with Crippen molar-refractivity contribution in [3.8, 4) is 5.88 Å². The molecule has 0 aromatic carbocycles. The van der Waals surface area contributed by atoms with Crippen LogP contribution in [0.1, 0.15) is 33.3 Å². The van der Waals surface area contributed by atoms with E-state index in [9.17, 15) is 22.8 Å². The number of alkyl carbamates (subject to hydrolysis) is 1. The van der Waals surface area contributed by atoms with E-state index in [1.165, 1.54) is 22.1 Å². The number of nitrogens with zero attached hydrogens (tertiary/aromatic N) is 5. The van der Waals surface area contributed by atoms with E-state index in [1.807, 2.05) is 0 Å². The van der Waals surface area contributed by atoms with E-state index in [2.05, 4.69) is 20.3 Å². The molecule has 10 nitrogen and oxygen atoms in total. The number of carbonyl (C=O) groups excluding carboxylic acids is 2. The molecule has 0 bridgehead atoms. The number of anilines is 2. The monoisotopic (exact) mass is 514 g/mol. The molecule has 1 aliphatic rings. The second-order valence-electron chi connectivity index (χ2n) is 9.09. The zero-order valence-corrected chi connectivity index (χ0v) is 20.1. The van der Waals surface area contributed by atoms with Crippen molar-refractivity contribution in [3.63, 3.8) is 0 Å². The molecule has 196 valence electrons. The van der Waals surface area contributed by atoms with Crippen LogP contribution in [-0.2, 0) is 15.7 Å². The van der Waals surface area contributed by atoms with Crippen LogP contribution in [0.15, 0.2) is 24.7 Å². The first-order valence-corrected chi connectivity index (χ1v) is 11.0. The summed E-state index contributed by atoms with van der Waals surface area (Å²) in [5.41, 5.74) is -1.57. The summed E-state index contributed by atoms with van der Waals surface area (Å²) in [7, 11) is 0. The maximum Gasteiger partial charge on any atom is 0.419 e. The molecule has 1 saturated heterocycles. The van der Waals surface area contributed by atoms with Crippen LogP contribution in [0.5, 0.6) is 5.88 Å². The molecular formula is C22H26F4N6O4.